The molecular formula is C17H29NO2. The standard InChI is InChI=1S/C17H29NO2/c1-12(2)11-20-17-14(4)9-13(3)10-15(17)16(7-8-19)18(5)6/h9-10,12,16,19H,7-8,11H2,1-6H3. The van der Waals surface area contributed by atoms with Crippen molar-refractivity contribution in [1.29, 1.82) is 0 Å². The van der Waals surface area contributed by atoms with Gasteiger partial charge in [0.25, 0.3) is 0 Å². The van der Waals surface area contributed by atoms with Gasteiger partial charge in [-0.15, -0.1) is 0 Å². The van der Waals surface area contributed by atoms with Gasteiger partial charge in [-0.3, -0.25) is 0 Å². The number of aliphatic hydroxyl groups is 1. The van der Waals surface area contributed by atoms with Gasteiger partial charge < -0.3 is 14.7 Å². The number of aliphatic hydroxyl groups excluding tert-OH is 1. The zero-order valence-corrected chi connectivity index (χ0v) is 13.7. The van der Waals surface area contributed by atoms with E-state index in [-0.39, 0.29) is 12.6 Å². The molecule has 0 amide bonds. The molecule has 0 saturated heterocycles. The molecule has 0 heterocycles. The summed E-state index contributed by atoms with van der Waals surface area (Å²) in [5, 5.41) is 9.33. The molecule has 3 nitrogen and oxygen atoms in total. The van der Waals surface area contributed by atoms with E-state index in [0.29, 0.717) is 12.3 Å². The Balaban J connectivity index is 3.19. The fourth-order valence-corrected chi connectivity index (χ4v) is 2.50. The zero-order valence-electron chi connectivity index (χ0n) is 13.7. The molecule has 0 bridgehead atoms. The van der Waals surface area contributed by atoms with E-state index < -0.39 is 0 Å². The first-order valence-electron chi connectivity index (χ1n) is 7.38. The van der Waals surface area contributed by atoms with Crippen molar-refractivity contribution in [3.05, 3.63) is 28.8 Å². The Morgan fingerprint density at radius 1 is 1.20 bits per heavy atom. The minimum atomic E-state index is 0.180. The first kappa shape index (κ1) is 17.0. The topological polar surface area (TPSA) is 32.7 Å². The van der Waals surface area contributed by atoms with E-state index in [4.69, 9.17) is 4.74 Å². The second-order valence-electron chi connectivity index (χ2n) is 6.20. The largest absolute Gasteiger partial charge is 0.493 e. The van der Waals surface area contributed by atoms with Gasteiger partial charge in [-0.1, -0.05) is 31.5 Å². The van der Waals surface area contributed by atoms with Gasteiger partial charge in [0.1, 0.15) is 5.75 Å². The normalized spacial score (nSPS) is 13.1. The Kier molecular flexibility index (Phi) is 6.50. The molecule has 20 heavy (non-hydrogen) atoms. The monoisotopic (exact) mass is 279 g/mol. The third kappa shape index (κ3) is 4.50. The molecule has 1 N–H and O–H groups in total. The van der Waals surface area contributed by atoms with E-state index in [2.05, 4.69) is 44.7 Å². The zero-order chi connectivity index (χ0) is 15.3. The van der Waals surface area contributed by atoms with Crippen molar-refractivity contribution in [3.63, 3.8) is 0 Å². The molecule has 114 valence electrons. The van der Waals surface area contributed by atoms with E-state index >= 15 is 0 Å². The average Bonchev–Trinajstić information content (AvgIpc) is 2.33. The summed E-state index contributed by atoms with van der Waals surface area (Å²) in [5.74, 6) is 1.48. The smallest absolute Gasteiger partial charge is 0.127 e. The quantitative estimate of drug-likeness (QED) is 0.831. The molecule has 0 saturated carbocycles. The Morgan fingerprint density at radius 2 is 1.85 bits per heavy atom. The highest BCUT2D eigenvalue weighted by Crippen LogP contribution is 2.34. The van der Waals surface area contributed by atoms with Crippen LogP contribution in [0.4, 0.5) is 0 Å². The summed E-state index contributed by atoms with van der Waals surface area (Å²) in [6.45, 7) is 9.41. The Bertz CT molecular complexity index is 427. The molecule has 0 aromatic heterocycles. The highest BCUT2D eigenvalue weighted by atomic mass is 16.5. The second kappa shape index (κ2) is 7.65. The van der Waals surface area contributed by atoms with E-state index in [1.807, 2.05) is 14.1 Å². The minimum absolute atomic E-state index is 0.180. The van der Waals surface area contributed by atoms with Crippen LogP contribution in [-0.2, 0) is 0 Å². The number of benzene rings is 1. The van der Waals surface area contributed by atoms with Crippen molar-refractivity contribution in [1.82, 2.24) is 4.90 Å². The van der Waals surface area contributed by atoms with E-state index in [9.17, 15) is 5.11 Å². The molecule has 0 radical (unpaired) electrons. The van der Waals surface area contributed by atoms with Crippen molar-refractivity contribution in [2.45, 2.75) is 40.2 Å². The first-order chi connectivity index (χ1) is 9.36. The van der Waals surface area contributed by atoms with Crippen LogP contribution in [0.2, 0.25) is 0 Å². The molecule has 0 aliphatic rings. The minimum Gasteiger partial charge on any atom is -0.493 e. The predicted molar refractivity (Wildman–Crippen MR) is 84.4 cm³/mol. The van der Waals surface area contributed by atoms with Gasteiger partial charge in [-0.2, -0.15) is 0 Å². The maximum atomic E-state index is 9.33. The predicted octanol–water partition coefficient (Wildman–Crippen LogP) is 3.32. The number of rotatable bonds is 7. The molecule has 1 aromatic rings. The molecule has 3 heteroatoms. The summed E-state index contributed by atoms with van der Waals surface area (Å²) >= 11 is 0. The van der Waals surface area contributed by atoms with Gasteiger partial charge in [0.15, 0.2) is 0 Å². The Hall–Kier alpha value is -1.06. The number of ether oxygens (including phenoxy) is 1. The second-order valence-corrected chi connectivity index (χ2v) is 6.20. The summed E-state index contributed by atoms with van der Waals surface area (Å²) in [6.07, 6.45) is 0.716. The van der Waals surface area contributed by atoms with Crippen LogP contribution in [0, 0.1) is 19.8 Å². The SMILES string of the molecule is Cc1cc(C)c(OCC(C)C)c(C(CCO)N(C)C)c1. The van der Waals surface area contributed by atoms with Crippen molar-refractivity contribution in [2.24, 2.45) is 5.92 Å². The fourth-order valence-electron chi connectivity index (χ4n) is 2.50. The van der Waals surface area contributed by atoms with Gasteiger partial charge in [-0.25, -0.2) is 0 Å². The molecule has 0 aliphatic carbocycles. The lowest BCUT2D eigenvalue weighted by molar-refractivity contribution is 0.202. The maximum Gasteiger partial charge on any atom is 0.127 e. The lowest BCUT2D eigenvalue weighted by Gasteiger charge is -2.27. The van der Waals surface area contributed by atoms with Gasteiger partial charge >= 0.3 is 0 Å². The van der Waals surface area contributed by atoms with Crippen molar-refractivity contribution < 1.29 is 9.84 Å². The third-order valence-corrected chi connectivity index (χ3v) is 3.39. The average molecular weight is 279 g/mol. The van der Waals surface area contributed by atoms with Crippen LogP contribution in [-0.4, -0.2) is 37.3 Å². The Morgan fingerprint density at radius 3 is 2.35 bits per heavy atom. The van der Waals surface area contributed by atoms with Gasteiger partial charge in [0.05, 0.1) is 6.61 Å². The highest BCUT2D eigenvalue weighted by molar-refractivity contribution is 5.45. The molecule has 1 rings (SSSR count). The molecule has 0 fully saturated rings. The maximum absolute atomic E-state index is 9.33. The summed E-state index contributed by atoms with van der Waals surface area (Å²) in [6, 6.07) is 4.52. The van der Waals surface area contributed by atoms with E-state index in [1.54, 1.807) is 0 Å². The number of aryl methyl sites for hydroxylation is 2. The van der Waals surface area contributed by atoms with Crippen LogP contribution in [0.5, 0.6) is 5.75 Å². The summed E-state index contributed by atoms with van der Waals surface area (Å²) < 4.78 is 6.05. The Labute approximate surface area is 123 Å². The number of nitrogens with zero attached hydrogens (tertiary/aromatic N) is 1. The van der Waals surface area contributed by atoms with Gasteiger partial charge in [-0.05, 0) is 45.8 Å². The van der Waals surface area contributed by atoms with Crippen molar-refractivity contribution in [2.75, 3.05) is 27.3 Å². The molecule has 1 unspecified atom stereocenters. The number of hydrogen-bond acceptors (Lipinski definition) is 3. The van der Waals surface area contributed by atoms with Crippen LogP contribution in [0.1, 0.15) is 43.0 Å². The highest BCUT2D eigenvalue weighted by Gasteiger charge is 2.20. The molecule has 1 atom stereocenters. The van der Waals surface area contributed by atoms with Crippen LogP contribution >= 0.6 is 0 Å². The molecule has 1 aromatic carbocycles. The van der Waals surface area contributed by atoms with Crippen LogP contribution in [0.3, 0.4) is 0 Å². The molecular weight excluding hydrogens is 250 g/mol. The van der Waals surface area contributed by atoms with Crippen molar-refractivity contribution in [3.8, 4) is 5.75 Å². The van der Waals surface area contributed by atoms with Crippen LogP contribution in [0.15, 0.2) is 12.1 Å². The summed E-state index contributed by atoms with van der Waals surface area (Å²) in [7, 11) is 4.09. The summed E-state index contributed by atoms with van der Waals surface area (Å²) in [5.41, 5.74) is 3.59. The molecule has 0 aliphatic heterocycles. The lowest BCUT2D eigenvalue weighted by atomic mass is 9.97. The van der Waals surface area contributed by atoms with Gasteiger partial charge in [0, 0.05) is 18.2 Å². The first-order valence-corrected chi connectivity index (χ1v) is 7.38. The number of hydrogen-bond donors (Lipinski definition) is 1. The van der Waals surface area contributed by atoms with E-state index in [1.165, 1.54) is 16.7 Å². The summed E-state index contributed by atoms with van der Waals surface area (Å²) in [4.78, 5) is 2.15. The van der Waals surface area contributed by atoms with E-state index in [0.717, 1.165) is 12.4 Å². The van der Waals surface area contributed by atoms with Crippen molar-refractivity contribution >= 4 is 0 Å². The van der Waals surface area contributed by atoms with Crippen LogP contribution < -0.4 is 4.74 Å². The van der Waals surface area contributed by atoms with Crippen LogP contribution in [0.25, 0.3) is 0 Å². The lowest BCUT2D eigenvalue weighted by Crippen LogP contribution is -2.22. The fraction of sp³-hybridized carbons (Fsp3) is 0.647. The third-order valence-electron chi connectivity index (χ3n) is 3.39. The van der Waals surface area contributed by atoms with Gasteiger partial charge in [0.2, 0.25) is 0 Å². The molecule has 0 spiro atoms.